The maximum absolute atomic E-state index is 12.1. The van der Waals surface area contributed by atoms with Crippen molar-refractivity contribution in [2.45, 2.75) is 70.1 Å². The maximum atomic E-state index is 12.1. The number of hydrogen-bond acceptors (Lipinski definition) is 7. The van der Waals surface area contributed by atoms with Crippen LogP contribution >= 0.6 is 0 Å². The minimum atomic E-state index is -3.66. The average Bonchev–Trinajstić information content (AvgIpc) is 2.77. The smallest absolute Gasteiger partial charge is 0.296 e. The summed E-state index contributed by atoms with van der Waals surface area (Å²) in [6, 6.07) is 6.68. The zero-order chi connectivity index (χ0) is 23.6. The molecule has 0 amide bonds. The molecular weight excluding hydrogens is 430 g/mol. The van der Waals surface area contributed by atoms with Crippen molar-refractivity contribution in [3.63, 3.8) is 0 Å². The lowest BCUT2D eigenvalue weighted by Crippen LogP contribution is -2.07. The highest BCUT2D eigenvalue weighted by Crippen LogP contribution is 2.38. The second-order valence-corrected chi connectivity index (χ2v) is 9.50. The van der Waals surface area contributed by atoms with E-state index in [4.69, 9.17) is 13.7 Å². The predicted molar refractivity (Wildman–Crippen MR) is 124 cm³/mol. The van der Waals surface area contributed by atoms with Crippen LogP contribution in [-0.4, -0.2) is 39.3 Å². The van der Waals surface area contributed by atoms with Gasteiger partial charge in [-0.05, 0) is 45.2 Å². The lowest BCUT2D eigenvalue weighted by atomic mass is 10.0. The van der Waals surface area contributed by atoms with E-state index in [0.717, 1.165) is 68.2 Å². The molecular formula is C24H35NO6S. The van der Waals surface area contributed by atoms with Gasteiger partial charge in [0.25, 0.3) is 16.0 Å². The molecule has 178 valence electrons. The first-order chi connectivity index (χ1) is 15.3. The van der Waals surface area contributed by atoms with Crippen molar-refractivity contribution in [1.82, 2.24) is 4.98 Å². The third-order valence-electron chi connectivity index (χ3n) is 5.44. The quantitative estimate of drug-likeness (QED) is 0.306. The van der Waals surface area contributed by atoms with Crippen LogP contribution in [0.2, 0.25) is 0 Å². The minimum Gasteiger partial charge on any atom is -0.504 e. The highest BCUT2D eigenvalue weighted by molar-refractivity contribution is 7.86. The van der Waals surface area contributed by atoms with Crippen LogP contribution in [0.3, 0.4) is 0 Å². The average molecular weight is 466 g/mol. The monoisotopic (exact) mass is 465 g/mol. The third kappa shape index (κ3) is 7.38. The van der Waals surface area contributed by atoms with E-state index < -0.39 is 10.1 Å². The Bertz CT molecular complexity index is 957. The van der Waals surface area contributed by atoms with Crippen LogP contribution in [0.25, 0.3) is 0 Å². The van der Waals surface area contributed by atoms with Crippen molar-refractivity contribution in [1.29, 1.82) is 0 Å². The Morgan fingerprint density at radius 2 is 1.47 bits per heavy atom. The number of methoxy groups -OCH3 is 2. The molecule has 0 saturated carbocycles. The molecule has 0 fully saturated rings. The molecule has 7 nitrogen and oxygen atoms in total. The summed E-state index contributed by atoms with van der Waals surface area (Å²) in [5.74, 6) is 0.655. The van der Waals surface area contributed by atoms with E-state index in [1.807, 2.05) is 13.8 Å². The fourth-order valence-corrected chi connectivity index (χ4v) is 4.39. The van der Waals surface area contributed by atoms with E-state index in [2.05, 4.69) is 4.98 Å². The van der Waals surface area contributed by atoms with Crippen molar-refractivity contribution < 1.29 is 27.2 Å². The van der Waals surface area contributed by atoms with Crippen LogP contribution in [-0.2, 0) is 20.7 Å². The second kappa shape index (κ2) is 12.6. The molecule has 1 aromatic carbocycles. The molecule has 0 atom stereocenters. The summed E-state index contributed by atoms with van der Waals surface area (Å²) in [6.45, 7) is 3.96. The van der Waals surface area contributed by atoms with E-state index in [1.165, 1.54) is 14.2 Å². The van der Waals surface area contributed by atoms with Crippen LogP contribution in [0.4, 0.5) is 0 Å². The summed E-state index contributed by atoms with van der Waals surface area (Å²) in [5, 5.41) is 10.3. The van der Waals surface area contributed by atoms with Crippen LogP contribution in [0.5, 0.6) is 17.4 Å². The lowest BCUT2D eigenvalue weighted by molar-refractivity contribution is 0.306. The lowest BCUT2D eigenvalue weighted by Gasteiger charge is -2.14. The number of aryl methyl sites for hydroxylation is 2. The van der Waals surface area contributed by atoms with Gasteiger partial charge in [-0.2, -0.15) is 8.42 Å². The van der Waals surface area contributed by atoms with Crippen molar-refractivity contribution in [2.24, 2.45) is 0 Å². The zero-order valence-electron chi connectivity index (χ0n) is 19.5. The fourth-order valence-electron chi connectivity index (χ4n) is 3.45. The summed E-state index contributed by atoms with van der Waals surface area (Å²) < 4.78 is 39.8. The SMILES string of the molecule is COc1nc(CCCCCCCCCOS(=O)(=O)c2ccc(C)cc2)c(C)c(O)c1OC. The molecule has 32 heavy (non-hydrogen) atoms. The number of aromatic hydroxyl groups is 1. The predicted octanol–water partition coefficient (Wildman–Crippen LogP) is 5.10. The van der Waals surface area contributed by atoms with Crippen LogP contribution in [0.15, 0.2) is 29.2 Å². The Morgan fingerprint density at radius 3 is 2.06 bits per heavy atom. The van der Waals surface area contributed by atoms with Gasteiger partial charge in [-0.1, -0.05) is 49.8 Å². The van der Waals surface area contributed by atoms with Gasteiger partial charge in [0.15, 0.2) is 5.75 Å². The molecule has 1 N–H and O–H groups in total. The van der Waals surface area contributed by atoms with Gasteiger partial charge >= 0.3 is 0 Å². The number of pyridine rings is 1. The zero-order valence-corrected chi connectivity index (χ0v) is 20.3. The molecule has 0 spiro atoms. The topological polar surface area (TPSA) is 95.0 Å². The molecule has 0 aliphatic carbocycles. The molecule has 0 aliphatic heterocycles. The van der Waals surface area contributed by atoms with Gasteiger partial charge in [-0.25, -0.2) is 4.98 Å². The Labute approximate surface area is 191 Å². The molecule has 0 bridgehead atoms. The van der Waals surface area contributed by atoms with Crippen LogP contribution in [0, 0.1) is 13.8 Å². The number of unbranched alkanes of at least 4 members (excludes halogenated alkanes) is 6. The van der Waals surface area contributed by atoms with Gasteiger partial charge < -0.3 is 14.6 Å². The number of hydrogen-bond donors (Lipinski definition) is 1. The standard InChI is InChI=1S/C24H35NO6S/c1-18-13-15-20(16-14-18)32(27,28)31-17-11-9-7-5-6-8-10-12-21-19(2)22(26)23(29-3)24(25-21)30-4/h13-16H,5-12,17H2,1-4H3,(H,25,26). The second-order valence-electron chi connectivity index (χ2n) is 7.89. The van der Waals surface area contributed by atoms with E-state index in [-0.39, 0.29) is 23.0 Å². The summed E-state index contributed by atoms with van der Waals surface area (Å²) in [5.41, 5.74) is 2.56. The molecule has 2 rings (SSSR count). The number of rotatable bonds is 14. The molecule has 1 aromatic heterocycles. The van der Waals surface area contributed by atoms with Crippen LogP contribution in [0.1, 0.15) is 61.8 Å². The number of benzene rings is 1. The maximum Gasteiger partial charge on any atom is 0.296 e. The van der Waals surface area contributed by atoms with Gasteiger partial charge in [0.1, 0.15) is 0 Å². The van der Waals surface area contributed by atoms with Crippen LogP contribution < -0.4 is 9.47 Å². The molecule has 0 radical (unpaired) electrons. The van der Waals surface area contributed by atoms with Gasteiger partial charge in [-0.15, -0.1) is 0 Å². The minimum absolute atomic E-state index is 0.0842. The summed E-state index contributed by atoms with van der Waals surface area (Å²) in [6.07, 6.45) is 7.70. The highest BCUT2D eigenvalue weighted by Gasteiger charge is 2.18. The third-order valence-corrected chi connectivity index (χ3v) is 6.76. The largest absolute Gasteiger partial charge is 0.504 e. The first-order valence-corrected chi connectivity index (χ1v) is 12.5. The van der Waals surface area contributed by atoms with Gasteiger partial charge in [0, 0.05) is 5.56 Å². The summed E-state index contributed by atoms with van der Waals surface area (Å²) in [4.78, 5) is 4.67. The Balaban J connectivity index is 1.60. The molecule has 0 aliphatic rings. The number of nitrogens with zero attached hydrogens (tertiary/aromatic N) is 1. The Hall–Kier alpha value is -2.32. The summed E-state index contributed by atoms with van der Waals surface area (Å²) >= 11 is 0. The van der Waals surface area contributed by atoms with E-state index in [1.54, 1.807) is 24.3 Å². The van der Waals surface area contributed by atoms with E-state index in [0.29, 0.717) is 5.88 Å². The van der Waals surface area contributed by atoms with Crippen molar-refractivity contribution in [2.75, 3.05) is 20.8 Å². The van der Waals surface area contributed by atoms with Gasteiger partial charge in [0.2, 0.25) is 5.75 Å². The summed E-state index contributed by atoms with van der Waals surface area (Å²) in [7, 11) is -0.679. The molecule has 2 aromatic rings. The first kappa shape index (κ1) is 25.9. The van der Waals surface area contributed by atoms with E-state index in [9.17, 15) is 13.5 Å². The molecule has 0 unspecified atom stereocenters. The fraction of sp³-hybridized carbons (Fsp3) is 0.542. The number of ether oxygens (including phenoxy) is 2. The molecule has 8 heteroatoms. The van der Waals surface area contributed by atoms with Crippen molar-refractivity contribution >= 4 is 10.1 Å². The van der Waals surface area contributed by atoms with E-state index >= 15 is 0 Å². The Kier molecular flexibility index (Phi) is 10.3. The number of aromatic nitrogens is 1. The first-order valence-electron chi connectivity index (χ1n) is 11.1. The Morgan fingerprint density at radius 1 is 0.875 bits per heavy atom. The van der Waals surface area contributed by atoms with Crippen molar-refractivity contribution in [3.8, 4) is 17.4 Å². The van der Waals surface area contributed by atoms with Crippen molar-refractivity contribution in [3.05, 3.63) is 41.1 Å². The van der Waals surface area contributed by atoms with Gasteiger partial charge in [0.05, 0.1) is 31.4 Å². The molecule has 0 saturated heterocycles. The normalized spacial score (nSPS) is 11.5. The highest BCUT2D eigenvalue weighted by atomic mass is 32.2. The van der Waals surface area contributed by atoms with Gasteiger partial charge in [-0.3, -0.25) is 4.18 Å². The molecule has 1 heterocycles.